The zero-order chi connectivity index (χ0) is 10.7. The molecule has 15 heavy (non-hydrogen) atoms. The fourth-order valence-electron chi connectivity index (χ4n) is 1.58. The molecule has 0 amide bonds. The number of alkyl halides is 1. The summed E-state index contributed by atoms with van der Waals surface area (Å²) in [5.74, 6) is 0.352. The first kappa shape index (κ1) is 10.2. The van der Waals surface area contributed by atoms with Gasteiger partial charge in [0.15, 0.2) is 0 Å². The smallest absolute Gasteiger partial charge is 0.130 e. The molecule has 0 aliphatic heterocycles. The fraction of sp³-hybridized carbons (Fsp3) is 0.0769. The van der Waals surface area contributed by atoms with Gasteiger partial charge in [-0.05, 0) is 5.39 Å². The van der Waals surface area contributed by atoms with Crippen molar-refractivity contribution in [2.24, 2.45) is 0 Å². The summed E-state index contributed by atoms with van der Waals surface area (Å²) in [4.78, 5) is 0. The van der Waals surface area contributed by atoms with Crippen LogP contribution in [0, 0.1) is 0 Å². The van der Waals surface area contributed by atoms with Gasteiger partial charge >= 0.3 is 0 Å². The molecule has 2 aromatic rings. The van der Waals surface area contributed by atoms with E-state index in [0.29, 0.717) is 5.75 Å². The fourth-order valence-corrected chi connectivity index (χ4v) is 1.76. The van der Waals surface area contributed by atoms with Gasteiger partial charge in [-0.2, -0.15) is 0 Å². The van der Waals surface area contributed by atoms with Crippen LogP contribution in [0.2, 0.25) is 0 Å². The maximum Gasteiger partial charge on any atom is 0.130 e. The number of hydrogen-bond donors (Lipinski definition) is 1. The van der Waals surface area contributed by atoms with Crippen LogP contribution in [0.4, 0.5) is 0 Å². The summed E-state index contributed by atoms with van der Waals surface area (Å²) in [6.45, 7) is 0. The first-order valence-electron chi connectivity index (χ1n) is 4.76. The van der Waals surface area contributed by atoms with E-state index in [0.717, 1.165) is 21.7 Å². The zero-order valence-corrected chi connectivity index (χ0v) is 9.74. The van der Waals surface area contributed by atoms with Gasteiger partial charge in [0.1, 0.15) is 5.75 Å². The lowest BCUT2D eigenvalue weighted by molar-refractivity contribution is 0.480. The summed E-state index contributed by atoms with van der Waals surface area (Å²) in [5.41, 5.74) is 0.855. The van der Waals surface area contributed by atoms with Crippen LogP contribution in [-0.4, -0.2) is 10.4 Å². The largest absolute Gasteiger partial charge is 0.507 e. The predicted molar refractivity (Wildman–Crippen MR) is 68.4 cm³/mol. The Balaban J connectivity index is 2.60. The molecule has 0 fully saturated rings. The van der Waals surface area contributed by atoms with Gasteiger partial charge in [0, 0.05) is 16.3 Å². The quantitative estimate of drug-likeness (QED) is 0.813. The van der Waals surface area contributed by atoms with E-state index in [1.165, 1.54) is 0 Å². The van der Waals surface area contributed by atoms with Crippen LogP contribution < -0.4 is 0 Å². The summed E-state index contributed by atoms with van der Waals surface area (Å²) in [6.07, 6.45) is 3.88. The molecule has 0 heterocycles. The number of halogens is 1. The van der Waals surface area contributed by atoms with Crippen LogP contribution in [0.25, 0.3) is 16.8 Å². The molecule has 0 aliphatic rings. The van der Waals surface area contributed by atoms with E-state index in [2.05, 4.69) is 15.9 Å². The number of benzene rings is 2. The monoisotopic (exact) mass is 262 g/mol. The molecule has 1 N–H and O–H groups in total. The van der Waals surface area contributed by atoms with Crippen LogP contribution in [0.5, 0.6) is 5.75 Å². The van der Waals surface area contributed by atoms with Gasteiger partial charge in [0.25, 0.3) is 0 Å². The predicted octanol–water partition coefficient (Wildman–Crippen LogP) is 3.95. The lowest BCUT2D eigenvalue weighted by Crippen LogP contribution is -1.78. The highest BCUT2D eigenvalue weighted by Crippen LogP contribution is 2.29. The maximum atomic E-state index is 10.0. The van der Waals surface area contributed by atoms with Gasteiger partial charge in [-0.25, -0.2) is 0 Å². The zero-order valence-electron chi connectivity index (χ0n) is 8.15. The molecule has 0 unspecified atom stereocenters. The summed E-state index contributed by atoms with van der Waals surface area (Å²) in [6, 6.07) is 11.8. The Morgan fingerprint density at radius 3 is 2.73 bits per heavy atom. The molecule has 76 valence electrons. The van der Waals surface area contributed by atoms with Crippen LogP contribution in [0.15, 0.2) is 42.5 Å². The van der Waals surface area contributed by atoms with Crippen molar-refractivity contribution in [3.8, 4) is 5.75 Å². The first-order valence-corrected chi connectivity index (χ1v) is 5.88. The molecule has 0 bridgehead atoms. The Morgan fingerprint density at radius 2 is 1.93 bits per heavy atom. The van der Waals surface area contributed by atoms with Crippen LogP contribution in [-0.2, 0) is 0 Å². The summed E-state index contributed by atoms with van der Waals surface area (Å²) in [5, 5.41) is 12.8. The van der Waals surface area contributed by atoms with Crippen molar-refractivity contribution in [2.45, 2.75) is 0 Å². The van der Waals surface area contributed by atoms with Gasteiger partial charge in [-0.1, -0.05) is 64.5 Å². The molecule has 1 nitrogen and oxygen atoms in total. The van der Waals surface area contributed by atoms with E-state index in [4.69, 9.17) is 0 Å². The van der Waals surface area contributed by atoms with E-state index >= 15 is 0 Å². The minimum Gasteiger partial charge on any atom is -0.507 e. The number of hydrogen-bond acceptors (Lipinski definition) is 1. The van der Waals surface area contributed by atoms with Crippen molar-refractivity contribution in [2.75, 3.05) is 5.33 Å². The average molecular weight is 263 g/mol. The lowest BCUT2D eigenvalue weighted by atomic mass is 10.1. The van der Waals surface area contributed by atoms with Gasteiger partial charge in [-0.15, -0.1) is 0 Å². The van der Waals surface area contributed by atoms with E-state index in [9.17, 15) is 5.11 Å². The van der Waals surface area contributed by atoms with E-state index in [1.54, 1.807) is 0 Å². The number of aromatic hydroxyl groups is 1. The molecule has 2 heteroatoms. The van der Waals surface area contributed by atoms with Crippen LogP contribution in [0.3, 0.4) is 0 Å². The highest BCUT2D eigenvalue weighted by Gasteiger charge is 2.02. The number of fused-ring (bicyclic) bond motifs is 1. The molecule has 2 aromatic carbocycles. The van der Waals surface area contributed by atoms with Gasteiger partial charge in [0.05, 0.1) is 0 Å². The van der Waals surface area contributed by atoms with E-state index < -0.39 is 0 Å². The highest BCUT2D eigenvalue weighted by atomic mass is 79.9. The van der Waals surface area contributed by atoms with Crippen molar-refractivity contribution in [3.63, 3.8) is 0 Å². The molecule has 0 saturated heterocycles. The third-order valence-corrected chi connectivity index (χ3v) is 2.69. The second-order valence-electron chi connectivity index (χ2n) is 3.28. The normalized spacial score (nSPS) is 11.3. The Bertz CT molecular complexity index is 503. The minimum atomic E-state index is 0.352. The van der Waals surface area contributed by atoms with Crippen molar-refractivity contribution >= 4 is 32.8 Å². The molecular weight excluding hydrogens is 252 g/mol. The SMILES string of the molecule is Oc1c(C=CCBr)ccc2ccccc12. The van der Waals surface area contributed by atoms with Crippen molar-refractivity contribution in [3.05, 3.63) is 48.0 Å². The van der Waals surface area contributed by atoms with Gasteiger partial charge < -0.3 is 5.11 Å². The minimum absolute atomic E-state index is 0.352. The molecule has 0 spiro atoms. The number of rotatable bonds is 2. The molecule has 2 rings (SSSR count). The Hall–Kier alpha value is -1.28. The highest BCUT2D eigenvalue weighted by molar-refractivity contribution is 9.09. The number of phenols is 1. The summed E-state index contributed by atoms with van der Waals surface area (Å²) < 4.78 is 0. The average Bonchev–Trinajstić information content (AvgIpc) is 2.29. The Labute approximate surface area is 97.2 Å². The van der Waals surface area contributed by atoms with Crippen molar-refractivity contribution < 1.29 is 5.11 Å². The van der Waals surface area contributed by atoms with Crippen LogP contribution in [0.1, 0.15) is 5.56 Å². The Morgan fingerprint density at radius 1 is 1.13 bits per heavy atom. The molecule has 0 aliphatic carbocycles. The topological polar surface area (TPSA) is 20.2 Å². The standard InChI is InChI=1S/C13H11BrO/c14-9-3-5-11-8-7-10-4-1-2-6-12(10)13(11)15/h1-8,15H,9H2. The van der Waals surface area contributed by atoms with E-state index in [1.807, 2.05) is 48.6 Å². The lowest BCUT2D eigenvalue weighted by Gasteiger charge is -2.03. The summed E-state index contributed by atoms with van der Waals surface area (Å²) in [7, 11) is 0. The maximum absolute atomic E-state index is 10.0. The Kier molecular flexibility index (Phi) is 3.07. The third-order valence-electron chi connectivity index (χ3n) is 2.32. The molecular formula is C13H11BrO. The summed E-state index contributed by atoms with van der Waals surface area (Å²) >= 11 is 3.31. The van der Waals surface area contributed by atoms with Gasteiger partial charge in [0.2, 0.25) is 0 Å². The number of phenolic OH excluding ortho intramolecular Hbond substituents is 1. The molecule has 0 aromatic heterocycles. The van der Waals surface area contributed by atoms with Crippen LogP contribution >= 0.6 is 15.9 Å². The van der Waals surface area contributed by atoms with Crippen molar-refractivity contribution in [1.29, 1.82) is 0 Å². The van der Waals surface area contributed by atoms with Gasteiger partial charge in [-0.3, -0.25) is 0 Å². The first-order chi connectivity index (χ1) is 7.33. The molecule has 0 atom stereocenters. The second-order valence-corrected chi connectivity index (χ2v) is 3.93. The molecule has 0 saturated carbocycles. The number of allylic oxidation sites excluding steroid dienone is 1. The molecule has 0 radical (unpaired) electrons. The second kappa shape index (κ2) is 4.49. The third kappa shape index (κ3) is 2.05. The van der Waals surface area contributed by atoms with E-state index in [-0.39, 0.29) is 0 Å². The van der Waals surface area contributed by atoms with Crippen molar-refractivity contribution in [1.82, 2.24) is 0 Å².